The average molecular weight is 835 g/mol. The first kappa shape index (κ1) is 57.4. The third kappa shape index (κ3) is 47.3. The molecule has 0 aromatic carbocycles. The van der Waals surface area contributed by atoms with Gasteiger partial charge in [-0.2, -0.15) is 0 Å². The van der Waals surface area contributed by atoms with E-state index in [9.17, 15) is 14.4 Å². The van der Waals surface area contributed by atoms with Crippen molar-refractivity contribution in [3.63, 3.8) is 0 Å². The fraction of sp³-hybridized carbons (Fsp3) is 0.943. The van der Waals surface area contributed by atoms with E-state index >= 15 is 0 Å². The lowest BCUT2D eigenvalue weighted by Crippen LogP contribution is -2.30. The average Bonchev–Trinajstić information content (AvgIpc) is 3.19. The van der Waals surface area contributed by atoms with E-state index in [2.05, 4.69) is 41.5 Å². The van der Waals surface area contributed by atoms with Crippen molar-refractivity contribution in [3.8, 4) is 0 Å². The summed E-state index contributed by atoms with van der Waals surface area (Å²) >= 11 is 0. The summed E-state index contributed by atoms with van der Waals surface area (Å²) in [6.07, 6.45) is 43.7. The molecule has 0 radical (unpaired) electrons. The summed E-state index contributed by atoms with van der Waals surface area (Å²) in [5, 5.41) is 0. The zero-order valence-corrected chi connectivity index (χ0v) is 40.5. The Bertz CT molecular complexity index is 914. The molecule has 59 heavy (non-hydrogen) atoms. The number of hydrogen-bond acceptors (Lipinski definition) is 6. The van der Waals surface area contributed by atoms with Crippen molar-refractivity contribution in [1.82, 2.24) is 0 Å². The lowest BCUT2D eigenvalue weighted by atomic mass is 10.0. The van der Waals surface area contributed by atoms with Gasteiger partial charge in [-0.15, -0.1) is 0 Å². The van der Waals surface area contributed by atoms with Crippen LogP contribution in [0, 0.1) is 17.8 Å². The van der Waals surface area contributed by atoms with E-state index in [1.165, 1.54) is 167 Å². The largest absolute Gasteiger partial charge is 0.462 e. The van der Waals surface area contributed by atoms with Crippen molar-refractivity contribution in [2.45, 2.75) is 292 Å². The first-order valence-corrected chi connectivity index (χ1v) is 26.1. The summed E-state index contributed by atoms with van der Waals surface area (Å²) in [5.41, 5.74) is 0. The molecule has 0 spiro atoms. The Kier molecular flexibility index (Phi) is 43.3. The monoisotopic (exact) mass is 835 g/mol. The van der Waals surface area contributed by atoms with Gasteiger partial charge in [0.05, 0.1) is 0 Å². The van der Waals surface area contributed by atoms with E-state index in [0.29, 0.717) is 19.3 Å². The van der Waals surface area contributed by atoms with Gasteiger partial charge in [-0.05, 0) is 37.0 Å². The Morgan fingerprint density at radius 2 is 0.492 bits per heavy atom. The topological polar surface area (TPSA) is 78.9 Å². The lowest BCUT2D eigenvalue weighted by Gasteiger charge is -2.18. The normalized spacial score (nSPS) is 12.2. The van der Waals surface area contributed by atoms with Gasteiger partial charge >= 0.3 is 17.9 Å². The minimum absolute atomic E-state index is 0.0647. The molecule has 6 nitrogen and oxygen atoms in total. The van der Waals surface area contributed by atoms with Crippen molar-refractivity contribution >= 4 is 17.9 Å². The van der Waals surface area contributed by atoms with Gasteiger partial charge in [0.25, 0.3) is 0 Å². The Morgan fingerprint density at radius 3 is 0.729 bits per heavy atom. The molecule has 0 saturated carbocycles. The summed E-state index contributed by atoms with van der Waals surface area (Å²) < 4.78 is 16.8. The van der Waals surface area contributed by atoms with Crippen molar-refractivity contribution < 1.29 is 28.6 Å². The van der Waals surface area contributed by atoms with Crippen molar-refractivity contribution in [1.29, 1.82) is 0 Å². The van der Waals surface area contributed by atoms with Gasteiger partial charge in [0.1, 0.15) is 13.2 Å². The van der Waals surface area contributed by atoms with Gasteiger partial charge in [-0.25, -0.2) is 0 Å². The van der Waals surface area contributed by atoms with Crippen LogP contribution in [0.15, 0.2) is 0 Å². The van der Waals surface area contributed by atoms with Crippen LogP contribution in [0.2, 0.25) is 0 Å². The van der Waals surface area contributed by atoms with Crippen LogP contribution in [0.5, 0.6) is 0 Å². The van der Waals surface area contributed by atoms with Gasteiger partial charge < -0.3 is 14.2 Å². The number of ether oxygens (including phenoxy) is 3. The molecule has 0 bridgehead atoms. The van der Waals surface area contributed by atoms with Gasteiger partial charge in [-0.3, -0.25) is 14.4 Å². The fourth-order valence-corrected chi connectivity index (χ4v) is 7.94. The molecule has 0 fully saturated rings. The highest BCUT2D eigenvalue weighted by Crippen LogP contribution is 2.18. The molecule has 0 aliphatic carbocycles. The molecule has 0 aromatic rings. The first-order valence-electron chi connectivity index (χ1n) is 26.1. The van der Waals surface area contributed by atoms with E-state index in [0.717, 1.165) is 75.5 Å². The smallest absolute Gasteiger partial charge is 0.306 e. The van der Waals surface area contributed by atoms with E-state index < -0.39 is 6.10 Å². The van der Waals surface area contributed by atoms with Crippen LogP contribution in [0.25, 0.3) is 0 Å². The predicted molar refractivity (Wildman–Crippen MR) is 252 cm³/mol. The molecule has 0 aliphatic rings. The van der Waals surface area contributed by atoms with Crippen LogP contribution in [0.3, 0.4) is 0 Å². The van der Waals surface area contributed by atoms with Crippen LogP contribution in [0.4, 0.5) is 0 Å². The summed E-state index contributed by atoms with van der Waals surface area (Å²) in [6.45, 7) is 13.7. The molecule has 0 heterocycles. The van der Waals surface area contributed by atoms with Crippen LogP contribution < -0.4 is 0 Å². The van der Waals surface area contributed by atoms with Gasteiger partial charge in [0, 0.05) is 19.3 Å². The van der Waals surface area contributed by atoms with Gasteiger partial charge in [0.15, 0.2) is 6.10 Å². The fourth-order valence-electron chi connectivity index (χ4n) is 7.94. The second-order valence-corrected chi connectivity index (χ2v) is 19.6. The highest BCUT2D eigenvalue weighted by atomic mass is 16.6. The zero-order valence-electron chi connectivity index (χ0n) is 40.5. The zero-order chi connectivity index (χ0) is 43.4. The second-order valence-electron chi connectivity index (χ2n) is 19.6. The number of hydrogen-bond donors (Lipinski definition) is 0. The number of unbranched alkanes of at least 4 members (excludes halogenated alkanes) is 29. The van der Waals surface area contributed by atoms with Crippen molar-refractivity contribution in [2.24, 2.45) is 17.8 Å². The summed E-state index contributed by atoms with van der Waals surface area (Å²) in [5.74, 6) is 1.61. The molecule has 1 atom stereocenters. The van der Waals surface area contributed by atoms with Crippen LogP contribution in [-0.4, -0.2) is 37.2 Å². The molecule has 0 saturated heterocycles. The maximum atomic E-state index is 12.8. The highest BCUT2D eigenvalue weighted by molar-refractivity contribution is 5.71. The highest BCUT2D eigenvalue weighted by Gasteiger charge is 2.19. The molecule has 0 unspecified atom stereocenters. The van der Waals surface area contributed by atoms with E-state index in [1.807, 2.05) is 0 Å². The van der Waals surface area contributed by atoms with Crippen LogP contribution in [0.1, 0.15) is 286 Å². The summed E-state index contributed by atoms with van der Waals surface area (Å²) in [4.78, 5) is 38.0. The third-order valence-electron chi connectivity index (χ3n) is 11.9. The van der Waals surface area contributed by atoms with Gasteiger partial charge in [-0.1, -0.05) is 247 Å². The van der Waals surface area contributed by atoms with E-state index in [-0.39, 0.29) is 31.1 Å². The molecule has 0 N–H and O–H groups in total. The molecule has 350 valence electrons. The summed E-state index contributed by atoms with van der Waals surface area (Å²) in [7, 11) is 0. The Morgan fingerprint density at radius 1 is 0.288 bits per heavy atom. The van der Waals surface area contributed by atoms with Crippen molar-refractivity contribution in [3.05, 3.63) is 0 Å². The number of esters is 3. The number of carbonyl (C=O) groups is 3. The minimum atomic E-state index is -0.763. The lowest BCUT2D eigenvalue weighted by molar-refractivity contribution is -0.167. The maximum Gasteiger partial charge on any atom is 0.306 e. The Balaban J connectivity index is 4.32. The molecular weight excluding hydrogens is 733 g/mol. The molecule has 0 aliphatic heterocycles. The predicted octanol–water partition coefficient (Wildman–Crippen LogP) is 16.8. The summed E-state index contributed by atoms with van der Waals surface area (Å²) in [6, 6.07) is 0. The van der Waals surface area contributed by atoms with E-state index in [4.69, 9.17) is 14.2 Å². The van der Waals surface area contributed by atoms with Crippen molar-refractivity contribution in [2.75, 3.05) is 13.2 Å². The molecule has 0 amide bonds. The molecule has 6 heteroatoms. The minimum Gasteiger partial charge on any atom is -0.462 e. The molecule has 0 rings (SSSR count). The standard InChI is InChI=1S/C53H102O6/c1-47(2)39-33-27-21-15-10-7-8-12-19-26-32-38-44-53(56)59-50(46-58-52(55)43-37-31-25-20-14-17-23-29-35-41-49(5)6)45-57-51(54)42-36-30-24-18-13-9-11-16-22-28-34-40-48(3)4/h47-50H,7-46H2,1-6H3/t50-/m1/s1. The van der Waals surface area contributed by atoms with E-state index in [1.54, 1.807) is 0 Å². The Hall–Kier alpha value is -1.59. The quantitative estimate of drug-likeness (QED) is 0.0345. The van der Waals surface area contributed by atoms with Crippen LogP contribution >= 0.6 is 0 Å². The molecular formula is C53H102O6. The second kappa shape index (κ2) is 44.5. The maximum absolute atomic E-state index is 12.8. The number of rotatable bonds is 46. The van der Waals surface area contributed by atoms with Gasteiger partial charge in [0.2, 0.25) is 0 Å². The Labute approximate surface area is 368 Å². The number of carbonyl (C=O) groups excluding carboxylic acids is 3. The third-order valence-corrected chi connectivity index (χ3v) is 11.9. The van der Waals surface area contributed by atoms with Crippen LogP contribution in [-0.2, 0) is 28.6 Å². The molecule has 0 aromatic heterocycles. The SMILES string of the molecule is CC(C)CCCCCCCCCCCCCCC(=O)O[C@H](COC(=O)CCCCCCCCCCCCCC(C)C)COC(=O)CCCCCCCCCCCC(C)C. The first-order chi connectivity index (χ1) is 28.6.